The van der Waals surface area contributed by atoms with Crippen molar-refractivity contribution in [3.05, 3.63) is 70.2 Å². The first kappa shape index (κ1) is 22.0. The highest BCUT2D eigenvalue weighted by Crippen LogP contribution is 2.18. The number of nitrogens with one attached hydrogen (secondary N) is 1. The molecule has 28 heavy (non-hydrogen) atoms. The fraction of sp³-hybridized carbons (Fsp3) is 0.391. The van der Waals surface area contributed by atoms with Crippen molar-refractivity contribution in [2.75, 3.05) is 0 Å². The quantitative estimate of drug-likeness (QED) is 0.708. The molecule has 0 unspecified atom stereocenters. The molecule has 0 aromatic heterocycles. The van der Waals surface area contributed by atoms with Gasteiger partial charge in [0.2, 0.25) is 11.8 Å². The monoisotopic (exact) mass is 400 g/mol. The fourth-order valence-electron chi connectivity index (χ4n) is 3.15. The van der Waals surface area contributed by atoms with Gasteiger partial charge < -0.3 is 10.2 Å². The highest BCUT2D eigenvalue weighted by atomic mass is 35.5. The summed E-state index contributed by atoms with van der Waals surface area (Å²) in [7, 11) is 0. The van der Waals surface area contributed by atoms with E-state index in [-0.39, 0.29) is 24.3 Å². The van der Waals surface area contributed by atoms with E-state index in [9.17, 15) is 9.59 Å². The summed E-state index contributed by atoms with van der Waals surface area (Å²) in [4.78, 5) is 27.7. The maximum atomic E-state index is 13.2. The van der Waals surface area contributed by atoms with Crippen LogP contribution in [0.5, 0.6) is 0 Å². The Hall–Kier alpha value is -2.33. The van der Waals surface area contributed by atoms with Crippen molar-refractivity contribution in [3.8, 4) is 0 Å². The van der Waals surface area contributed by atoms with Gasteiger partial charge in [0.15, 0.2) is 0 Å². The maximum absolute atomic E-state index is 13.2. The van der Waals surface area contributed by atoms with Crippen LogP contribution in [-0.4, -0.2) is 28.8 Å². The van der Waals surface area contributed by atoms with E-state index in [0.717, 1.165) is 16.7 Å². The van der Waals surface area contributed by atoms with Crippen LogP contribution >= 0.6 is 11.6 Å². The van der Waals surface area contributed by atoms with E-state index in [1.54, 1.807) is 17.0 Å². The highest BCUT2D eigenvalue weighted by molar-refractivity contribution is 6.30. The number of amides is 2. The summed E-state index contributed by atoms with van der Waals surface area (Å²) in [6, 6.07) is 14.7. The molecule has 2 aromatic rings. The molecule has 0 saturated heterocycles. The number of benzene rings is 2. The van der Waals surface area contributed by atoms with Crippen molar-refractivity contribution < 1.29 is 9.59 Å². The Balaban J connectivity index is 2.30. The van der Waals surface area contributed by atoms with Crippen LogP contribution in [0, 0.1) is 6.92 Å². The summed E-state index contributed by atoms with van der Waals surface area (Å²) in [5.41, 5.74) is 3.02. The summed E-state index contributed by atoms with van der Waals surface area (Å²) < 4.78 is 0. The zero-order chi connectivity index (χ0) is 20.7. The first-order valence-corrected chi connectivity index (χ1v) is 10.1. The highest BCUT2D eigenvalue weighted by Gasteiger charge is 2.29. The minimum Gasteiger partial charge on any atom is -0.352 e. The van der Waals surface area contributed by atoms with Crippen LogP contribution in [0.4, 0.5) is 0 Å². The molecule has 0 heterocycles. The standard InChI is InChI=1S/C23H29ClN2O2/c1-5-21(23(28)25-16(2)3)26(15-19-9-7-6-8-17(19)4)22(27)14-18-10-12-20(24)13-11-18/h6-13,16,21H,5,14-15H2,1-4H3,(H,25,28)/t21-/m0/s1. The van der Waals surface area contributed by atoms with Crippen LogP contribution in [-0.2, 0) is 22.6 Å². The van der Waals surface area contributed by atoms with Gasteiger partial charge in [0.05, 0.1) is 6.42 Å². The Kier molecular flexibility index (Phi) is 8.06. The molecular formula is C23H29ClN2O2. The molecule has 2 amide bonds. The van der Waals surface area contributed by atoms with E-state index < -0.39 is 6.04 Å². The van der Waals surface area contributed by atoms with Gasteiger partial charge in [-0.1, -0.05) is 54.9 Å². The van der Waals surface area contributed by atoms with Crippen LogP contribution in [0.2, 0.25) is 5.02 Å². The van der Waals surface area contributed by atoms with Gasteiger partial charge in [-0.15, -0.1) is 0 Å². The van der Waals surface area contributed by atoms with E-state index in [1.807, 2.05) is 64.1 Å². The Bertz CT molecular complexity index is 803. The van der Waals surface area contributed by atoms with Crippen molar-refractivity contribution >= 4 is 23.4 Å². The largest absolute Gasteiger partial charge is 0.352 e. The molecule has 0 aliphatic carbocycles. The smallest absolute Gasteiger partial charge is 0.243 e. The normalized spacial score (nSPS) is 11.9. The van der Waals surface area contributed by atoms with Gasteiger partial charge in [-0.05, 0) is 56.0 Å². The predicted molar refractivity (Wildman–Crippen MR) is 114 cm³/mol. The minimum atomic E-state index is -0.512. The topological polar surface area (TPSA) is 49.4 Å². The lowest BCUT2D eigenvalue weighted by Gasteiger charge is -2.31. The predicted octanol–water partition coefficient (Wildman–Crippen LogP) is 4.52. The van der Waals surface area contributed by atoms with Crippen molar-refractivity contribution in [3.63, 3.8) is 0 Å². The van der Waals surface area contributed by atoms with Crippen LogP contribution in [0.15, 0.2) is 48.5 Å². The second-order valence-corrected chi connectivity index (χ2v) is 7.78. The molecule has 150 valence electrons. The number of hydrogen-bond acceptors (Lipinski definition) is 2. The lowest BCUT2D eigenvalue weighted by molar-refractivity contribution is -0.141. The zero-order valence-electron chi connectivity index (χ0n) is 17.0. The third-order valence-corrected chi connectivity index (χ3v) is 4.94. The summed E-state index contributed by atoms with van der Waals surface area (Å²) in [5.74, 6) is -0.188. The molecule has 0 fully saturated rings. The Morgan fingerprint density at radius 3 is 2.29 bits per heavy atom. The molecule has 4 nitrogen and oxygen atoms in total. The maximum Gasteiger partial charge on any atom is 0.243 e. The summed E-state index contributed by atoms with van der Waals surface area (Å²) in [6.07, 6.45) is 0.783. The molecule has 0 aliphatic rings. The van der Waals surface area contributed by atoms with Crippen molar-refractivity contribution in [2.45, 2.75) is 59.2 Å². The second kappa shape index (κ2) is 10.3. The van der Waals surface area contributed by atoms with Gasteiger partial charge in [-0.25, -0.2) is 0 Å². The zero-order valence-corrected chi connectivity index (χ0v) is 17.8. The number of carbonyl (C=O) groups excluding carboxylic acids is 2. The number of carbonyl (C=O) groups is 2. The third-order valence-electron chi connectivity index (χ3n) is 4.69. The van der Waals surface area contributed by atoms with E-state index in [2.05, 4.69) is 5.32 Å². The Morgan fingerprint density at radius 1 is 1.07 bits per heavy atom. The van der Waals surface area contributed by atoms with Gasteiger partial charge in [0, 0.05) is 17.6 Å². The molecule has 1 N–H and O–H groups in total. The summed E-state index contributed by atoms with van der Waals surface area (Å²) >= 11 is 5.95. The lowest BCUT2D eigenvalue weighted by atomic mass is 10.0. The Labute approximate surface area is 172 Å². The minimum absolute atomic E-state index is 0.0215. The molecule has 0 spiro atoms. The van der Waals surface area contributed by atoms with E-state index in [4.69, 9.17) is 11.6 Å². The number of halogens is 1. The number of rotatable bonds is 8. The van der Waals surface area contributed by atoms with Gasteiger partial charge >= 0.3 is 0 Å². The first-order chi connectivity index (χ1) is 13.3. The average molecular weight is 401 g/mol. The first-order valence-electron chi connectivity index (χ1n) is 9.70. The molecule has 0 aliphatic heterocycles. The van der Waals surface area contributed by atoms with Crippen molar-refractivity contribution in [2.24, 2.45) is 0 Å². The van der Waals surface area contributed by atoms with Crippen LogP contribution in [0.1, 0.15) is 43.9 Å². The van der Waals surface area contributed by atoms with E-state index in [0.29, 0.717) is 18.0 Å². The average Bonchev–Trinajstić information content (AvgIpc) is 2.64. The molecular weight excluding hydrogens is 372 g/mol. The van der Waals surface area contributed by atoms with E-state index in [1.165, 1.54) is 0 Å². The van der Waals surface area contributed by atoms with Gasteiger partial charge in [-0.3, -0.25) is 9.59 Å². The van der Waals surface area contributed by atoms with E-state index >= 15 is 0 Å². The van der Waals surface area contributed by atoms with Crippen molar-refractivity contribution in [1.29, 1.82) is 0 Å². The van der Waals surface area contributed by atoms with Gasteiger partial charge in [0.1, 0.15) is 6.04 Å². The molecule has 2 rings (SSSR count). The SMILES string of the molecule is CC[C@@H](C(=O)NC(C)C)N(Cc1ccccc1C)C(=O)Cc1ccc(Cl)cc1. The molecule has 0 saturated carbocycles. The Morgan fingerprint density at radius 2 is 1.71 bits per heavy atom. The van der Waals surface area contributed by atoms with Crippen LogP contribution in [0.3, 0.4) is 0 Å². The molecule has 0 radical (unpaired) electrons. The number of nitrogens with zero attached hydrogens (tertiary/aromatic N) is 1. The molecule has 1 atom stereocenters. The number of aryl methyl sites for hydroxylation is 1. The second-order valence-electron chi connectivity index (χ2n) is 7.34. The third kappa shape index (κ3) is 6.10. The molecule has 5 heteroatoms. The van der Waals surface area contributed by atoms with Gasteiger partial charge in [0.25, 0.3) is 0 Å². The van der Waals surface area contributed by atoms with Gasteiger partial charge in [-0.2, -0.15) is 0 Å². The van der Waals surface area contributed by atoms with Crippen LogP contribution < -0.4 is 5.32 Å². The van der Waals surface area contributed by atoms with Crippen LogP contribution in [0.25, 0.3) is 0 Å². The summed E-state index contributed by atoms with van der Waals surface area (Å²) in [6.45, 7) is 8.21. The summed E-state index contributed by atoms with van der Waals surface area (Å²) in [5, 5.41) is 3.59. The van der Waals surface area contributed by atoms with Crippen molar-refractivity contribution in [1.82, 2.24) is 10.2 Å². The number of hydrogen-bond donors (Lipinski definition) is 1. The molecule has 2 aromatic carbocycles. The molecule has 0 bridgehead atoms. The fourth-order valence-corrected chi connectivity index (χ4v) is 3.28. The lowest BCUT2D eigenvalue weighted by Crippen LogP contribution is -2.50.